The molecule has 3 aromatic rings. The first-order valence-electron chi connectivity index (χ1n) is 11.3. The lowest BCUT2D eigenvalue weighted by atomic mass is 9.69. The number of hydrogen-bond donors (Lipinski definition) is 0. The zero-order valence-corrected chi connectivity index (χ0v) is 18.8. The Bertz CT molecular complexity index is 1320. The Balaban J connectivity index is 1.74. The highest BCUT2D eigenvalue weighted by Gasteiger charge is 2.63. The van der Waals surface area contributed by atoms with Gasteiger partial charge in [-0.3, -0.25) is 4.79 Å². The molecule has 0 aliphatic carbocycles. The van der Waals surface area contributed by atoms with Gasteiger partial charge in [0.05, 0.1) is 24.8 Å². The first-order valence-corrected chi connectivity index (χ1v) is 11.3. The van der Waals surface area contributed by atoms with E-state index < -0.39 is 23.4 Å². The fraction of sp³-hybridized carbons (Fsp3) is 0.207. The Morgan fingerprint density at radius 2 is 1.65 bits per heavy atom. The molecule has 5 heteroatoms. The highest BCUT2D eigenvalue weighted by atomic mass is 16.5. The lowest BCUT2D eigenvalue weighted by Crippen LogP contribution is -2.44. The molecule has 34 heavy (non-hydrogen) atoms. The number of hydrogen-bond acceptors (Lipinski definition) is 5. The number of anilines is 1. The lowest BCUT2D eigenvalue weighted by Gasteiger charge is -2.35. The van der Waals surface area contributed by atoms with Gasteiger partial charge in [0.1, 0.15) is 11.8 Å². The van der Waals surface area contributed by atoms with Crippen molar-refractivity contribution in [3.05, 3.63) is 102 Å². The van der Waals surface area contributed by atoms with Crippen LogP contribution in [0.2, 0.25) is 0 Å². The fourth-order valence-corrected chi connectivity index (χ4v) is 5.32. The van der Waals surface area contributed by atoms with Gasteiger partial charge >= 0.3 is 0 Å². The molecular formula is C29H23N3O2. The smallest absolute Gasteiger partial charge is 0.185 e. The number of rotatable bonds is 5. The van der Waals surface area contributed by atoms with Crippen molar-refractivity contribution in [2.24, 2.45) is 5.41 Å². The minimum absolute atomic E-state index is 0.109. The summed E-state index contributed by atoms with van der Waals surface area (Å²) in [7, 11) is 0. The van der Waals surface area contributed by atoms with Crippen molar-refractivity contribution in [3.8, 4) is 17.9 Å². The predicted octanol–water partition coefficient (Wildman–Crippen LogP) is 5.37. The summed E-state index contributed by atoms with van der Waals surface area (Å²) < 4.78 is 5.59. The van der Waals surface area contributed by atoms with Gasteiger partial charge in [0, 0.05) is 17.2 Å². The zero-order chi connectivity index (χ0) is 23.7. The summed E-state index contributed by atoms with van der Waals surface area (Å²) in [5.74, 6) is -0.0636. The maximum absolute atomic E-state index is 14.1. The largest absolute Gasteiger partial charge is 0.494 e. The number of ketones is 1. The minimum Gasteiger partial charge on any atom is -0.494 e. The normalized spacial score (nSPS) is 21.6. The van der Waals surface area contributed by atoms with Crippen LogP contribution < -0.4 is 9.64 Å². The van der Waals surface area contributed by atoms with Crippen LogP contribution in [0, 0.1) is 28.1 Å². The molecule has 0 N–H and O–H groups in total. The number of nitrogens with zero attached hydrogens (tertiary/aromatic N) is 3. The molecule has 0 unspecified atom stereocenters. The third kappa shape index (κ3) is 3.17. The van der Waals surface area contributed by atoms with Gasteiger partial charge in [-0.15, -0.1) is 0 Å². The van der Waals surface area contributed by atoms with Crippen molar-refractivity contribution < 1.29 is 9.53 Å². The number of nitriles is 2. The number of fused-ring (bicyclic) bond motifs is 3. The molecule has 0 amide bonds. The monoisotopic (exact) mass is 445 g/mol. The molecule has 0 radical (unpaired) electrons. The average molecular weight is 446 g/mol. The molecule has 2 aliphatic rings. The molecule has 1 saturated heterocycles. The Kier molecular flexibility index (Phi) is 5.40. The number of carbonyl (C=O) groups is 1. The topological polar surface area (TPSA) is 77.1 Å². The van der Waals surface area contributed by atoms with Crippen molar-refractivity contribution in [2.75, 3.05) is 11.5 Å². The SMILES string of the molecule is CCOc1ccc([C@@H]2[C@H](C(=O)c3ccccc3)N3c4ccccc4C=C[C@@H]3C2(C#N)C#N)cc1. The highest BCUT2D eigenvalue weighted by molar-refractivity contribution is 6.04. The number of para-hydroxylation sites is 1. The molecule has 2 heterocycles. The van der Waals surface area contributed by atoms with Crippen molar-refractivity contribution in [3.63, 3.8) is 0 Å². The van der Waals surface area contributed by atoms with Crippen molar-refractivity contribution >= 4 is 17.5 Å². The van der Waals surface area contributed by atoms with E-state index in [4.69, 9.17) is 4.74 Å². The van der Waals surface area contributed by atoms with Gasteiger partial charge in [-0.25, -0.2) is 0 Å². The summed E-state index contributed by atoms with van der Waals surface area (Å²) in [4.78, 5) is 16.1. The van der Waals surface area contributed by atoms with E-state index in [2.05, 4.69) is 12.1 Å². The number of ether oxygens (including phenoxy) is 1. The van der Waals surface area contributed by atoms with Crippen LogP contribution in [-0.2, 0) is 0 Å². The van der Waals surface area contributed by atoms with Gasteiger partial charge in [0.15, 0.2) is 11.2 Å². The molecule has 2 aliphatic heterocycles. The van der Waals surface area contributed by atoms with E-state index in [1.54, 1.807) is 12.1 Å². The molecule has 0 bridgehead atoms. The third-order valence-corrected chi connectivity index (χ3v) is 6.79. The summed E-state index contributed by atoms with van der Waals surface area (Å²) in [5, 5.41) is 21.0. The zero-order valence-electron chi connectivity index (χ0n) is 18.8. The quantitative estimate of drug-likeness (QED) is 0.494. The molecule has 5 nitrogen and oxygen atoms in total. The minimum atomic E-state index is -1.45. The van der Waals surface area contributed by atoms with Crippen LogP contribution in [0.5, 0.6) is 5.75 Å². The molecule has 1 fully saturated rings. The van der Waals surface area contributed by atoms with Crippen molar-refractivity contribution in [1.82, 2.24) is 0 Å². The van der Waals surface area contributed by atoms with Gasteiger partial charge in [-0.05, 0) is 36.2 Å². The average Bonchev–Trinajstić information content (AvgIpc) is 3.20. The molecular weight excluding hydrogens is 422 g/mol. The molecule has 166 valence electrons. The predicted molar refractivity (Wildman–Crippen MR) is 130 cm³/mol. The first kappa shape index (κ1) is 21.5. The van der Waals surface area contributed by atoms with E-state index in [-0.39, 0.29) is 5.78 Å². The van der Waals surface area contributed by atoms with Crippen LogP contribution in [0.3, 0.4) is 0 Å². The molecule has 3 aromatic carbocycles. The fourth-order valence-electron chi connectivity index (χ4n) is 5.32. The second kappa shape index (κ2) is 8.54. The number of Topliss-reactive ketones (excluding diaryl/α,β-unsaturated/α-hetero) is 1. The maximum atomic E-state index is 14.1. The van der Waals surface area contributed by atoms with E-state index in [1.165, 1.54) is 0 Å². The third-order valence-electron chi connectivity index (χ3n) is 6.79. The second-order valence-corrected chi connectivity index (χ2v) is 8.52. The molecule has 0 spiro atoms. The molecule has 5 rings (SSSR count). The summed E-state index contributed by atoms with van der Waals surface area (Å²) in [6.07, 6.45) is 3.85. The Morgan fingerprint density at radius 1 is 0.971 bits per heavy atom. The molecule has 0 aromatic heterocycles. The Morgan fingerprint density at radius 3 is 2.32 bits per heavy atom. The van der Waals surface area contributed by atoms with Crippen LogP contribution in [0.15, 0.2) is 84.9 Å². The molecule has 0 saturated carbocycles. The van der Waals surface area contributed by atoms with Crippen molar-refractivity contribution in [1.29, 1.82) is 10.5 Å². The van der Waals surface area contributed by atoms with E-state index >= 15 is 0 Å². The van der Waals surface area contributed by atoms with Gasteiger partial charge in [0.25, 0.3) is 0 Å². The second-order valence-electron chi connectivity index (χ2n) is 8.52. The van der Waals surface area contributed by atoms with E-state index in [1.807, 2.05) is 90.7 Å². The van der Waals surface area contributed by atoms with Gasteiger partial charge < -0.3 is 9.64 Å². The maximum Gasteiger partial charge on any atom is 0.185 e. The standard InChI is InChI=1S/C29H23N3O2/c1-2-34-23-15-12-21(13-16-23)26-27(28(33)22-9-4-3-5-10-22)32-24-11-7-6-8-20(24)14-17-25(32)29(26,18-30)19-31/h3-17,25-27H,2H2,1H3/t25-,26-,27-/m1/s1. The van der Waals surface area contributed by atoms with Gasteiger partial charge in [0.2, 0.25) is 0 Å². The first-order chi connectivity index (χ1) is 16.6. The van der Waals surface area contributed by atoms with Crippen molar-refractivity contribution in [2.45, 2.75) is 24.9 Å². The summed E-state index contributed by atoms with van der Waals surface area (Å²) in [6, 6.07) is 27.7. The van der Waals surface area contributed by atoms with Crippen LogP contribution in [0.25, 0.3) is 6.08 Å². The van der Waals surface area contributed by atoms with E-state index in [0.717, 1.165) is 16.8 Å². The molecule has 3 atom stereocenters. The van der Waals surface area contributed by atoms with Crippen LogP contribution in [-0.4, -0.2) is 24.5 Å². The Hall–Kier alpha value is -4.35. The van der Waals surface area contributed by atoms with Crippen LogP contribution in [0.4, 0.5) is 5.69 Å². The summed E-state index contributed by atoms with van der Waals surface area (Å²) in [5.41, 5.74) is 1.68. The number of benzene rings is 3. The van der Waals surface area contributed by atoms with Gasteiger partial charge in [-0.2, -0.15) is 10.5 Å². The summed E-state index contributed by atoms with van der Waals surface area (Å²) in [6.45, 7) is 2.45. The lowest BCUT2D eigenvalue weighted by molar-refractivity contribution is 0.0951. The summed E-state index contributed by atoms with van der Waals surface area (Å²) >= 11 is 0. The van der Waals surface area contributed by atoms with Crippen LogP contribution >= 0.6 is 0 Å². The number of carbonyl (C=O) groups excluding carboxylic acids is 1. The highest BCUT2D eigenvalue weighted by Crippen LogP contribution is 2.55. The Labute approximate surface area is 199 Å². The van der Waals surface area contributed by atoms with E-state index in [9.17, 15) is 15.3 Å². The van der Waals surface area contributed by atoms with Gasteiger partial charge in [-0.1, -0.05) is 72.8 Å². The van der Waals surface area contributed by atoms with E-state index in [0.29, 0.717) is 17.9 Å². The van der Waals surface area contributed by atoms with Crippen LogP contribution in [0.1, 0.15) is 34.3 Å².